The predicted molar refractivity (Wildman–Crippen MR) is 139 cm³/mol. The number of anilines is 2. The zero-order chi connectivity index (χ0) is 28.3. The minimum absolute atomic E-state index is 0.0490. The zero-order valence-corrected chi connectivity index (χ0v) is 22.9. The second-order valence-corrected chi connectivity index (χ2v) is 12.0. The van der Waals surface area contributed by atoms with Crippen LogP contribution in [0.5, 0.6) is 17.2 Å². The Hall–Kier alpha value is -3.58. The van der Waals surface area contributed by atoms with Gasteiger partial charge in [0.2, 0.25) is 0 Å². The SMILES string of the molecule is COc1ccc(S(=O)(=O)Nc2ccc(OC(C)C)c(F)c2)cc1S(=O)(=O)Nc1ccc(OC(C)C)c(F)c1. The van der Waals surface area contributed by atoms with Gasteiger partial charge in [-0.1, -0.05) is 0 Å². The molecule has 0 aliphatic rings. The third kappa shape index (κ3) is 7.04. The molecule has 0 unspecified atom stereocenters. The van der Waals surface area contributed by atoms with Gasteiger partial charge in [-0.3, -0.25) is 9.44 Å². The van der Waals surface area contributed by atoms with Gasteiger partial charge in [0.25, 0.3) is 20.0 Å². The van der Waals surface area contributed by atoms with E-state index in [1.807, 2.05) is 0 Å². The van der Waals surface area contributed by atoms with Gasteiger partial charge in [-0.25, -0.2) is 25.6 Å². The van der Waals surface area contributed by atoms with Gasteiger partial charge >= 0.3 is 0 Å². The molecule has 0 saturated heterocycles. The topological polar surface area (TPSA) is 120 Å². The van der Waals surface area contributed by atoms with Crippen molar-refractivity contribution < 1.29 is 39.8 Å². The lowest BCUT2D eigenvalue weighted by molar-refractivity contribution is 0.231. The smallest absolute Gasteiger partial charge is 0.265 e. The summed E-state index contributed by atoms with van der Waals surface area (Å²) < 4.78 is 101. The molecule has 0 fully saturated rings. The molecule has 3 aromatic carbocycles. The molecular formula is C25H28F2N2O7S2. The van der Waals surface area contributed by atoms with E-state index in [2.05, 4.69) is 9.44 Å². The van der Waals surface area contributed by atoms with Crippen molar-refractivity contribution in [1.82, 2.24) is 0 Å². The number of sulfonamides is 2. The molecule has 3 aromatic rings. The molecule has 2 N–H and O–H groups in total. The van der Waals surface area contributed by atoms with E-state index in [-0.39, 0.29) is 40.8 Å². The van der Waals surface area contributed by atoms with E-state index in [1.54, 1.807) is 27.7 Å². The first kappa shape index (κ1) is 29.0. The van der Waals surface area contributed by atoms with Crippen LogP contribution in [0.4, 0.5) is 20.2 Å². The minimum Gasteiger partial charge on any atom is -0.495 e. The van der Waals surface area contributed by atoms with E-state index in [9.17, 15) is 25.6 Å². The van der Waals surface area contributed by atoms with Gasteiger partial charge in [-0.15, -0.1) is 0 Å². The first-order chi connectivity index (χ1) is 17.7. The Morgan fingerprint density at radius 3 is 1.53 bits per heavy atom. The molecule has 0 heterocycles. The molecule has 0 aliphatic carbocycles. The van der Waals surface area contributed by atoms with E-state index in [4.69, 9.17) is 14.2 Å². The highest BCUT2D eigenvalue weighted by atomic mass is 32.2. The van der Waals surface area contributed by atoms with Crippen molar-refractivity contribution in [3.63, 3.8) is 0 Å². The summed E-state index contributed by atoms with van der Waals surface area (Å²) >= 11 is 0. The Morgan fingerprint density at radius 1 is 0.658 bits per heavy atom. The van der Waals surface area contributed by atoms with E-state index < -0.39 is 41.5 Å². The van der Waals surface area contributed by atoms with Crippen molar-refractivity contribution in [3.8, 4) is 17.2 Å². The number of ether oxygens (including phenoxy) is 3. The quantitative estimate of drug-likeness (QED) is 0.327. The summed E-state index contributed by atoms with van der Waals surface area (Å²) in [7, 11) is -7.58. The summed E-state index contributed by atoms with van der Waals surface area (Å²) in [6.07, 6.45) is -0.583. The molecule has 0 aromatic heterocycles. The molecule has 206 valence electrons. The molecular weight excluding hydrogens is 542 g/mol. The van der Waals surface area contributed by atoms with Crippen molar-refractivity contribution >= 4 is 31.4 Å². The third-order valence-corrected chi connectivity index (χ3v) is 7.61. The zero-order valence-electron chi connectivity index (χ0n) is 21.3. The van der Waals surface area contributed by atoms with Crippen molar-refractivity contribution in [3.05, 3.63) is 66.2 Å². The number of hydrogen-bond acceptors (Lipinski definition) is 7. The maximum absolute atomic E-state index is 14.4. The lowest BCUT2D eigenvalue weighted by atomic mass is 10.3. The summed E-state index contributed by atoms with van der Waals surface area (Å²) in [6.45, 7) is 6.86. The molecule has 38 heavy (non-hydrogen) atoms. The molecule has 0 amide bonds. The Labute approximate surface area is 220 Å². The number of methoxy groups -OCH3 is 1. The largest absolute Gasteiger partial charge is 0.495 e. The van der Waals surface area contributed by atoms with Gasteiger partial charge in [0.15, 0.2) is 23.1 Å². The van der Waals surface area contributed by atoms with Crippen LogP contribution in [-0.4, -0.2) is 36.2 Å². The molecule has 0 bridgehead atoms. The van der Waals surface area contributed by atoms with E-state index in [0.29, 0.717) is 0 Å². The second kappa shape index (κ2) is 11.4. The highest BCUT2D eigenvalue weighted by Gasteiger charge is 2.25. The highest BCUT2D eigenvalue weighted by Crippen LogP contribution is 2.31. The summed E-state index contributed by atoms with van der Waals surface area (Å²) in [5.74, 6) is -1.83. The molecule has 0 saturated carbocycles. The van der Waals surface area contributed by atoms with Crippen LogP contribution in [0.3, 0.4) is 0 Å². The van der Waals surface area contributed by atoms with Gasteiger partial charge in [0.1, 0.15) is 10.6 Å². The number of nitrogens with one attached hydrogen (secondary N) is 2. The molecule has 0 atom stereocenters. The van der Waals surface area contributed by atoms with Crippen LogP contribution in [0.1, 0.15) is 27.7 Å². The molecule has 13 heteroatoms. The van der Waals surface area contributed by atoms with E-state index >= 15 is 0 Å². The number of benzene rings is 3. The van der Waals surface area contributed by atoms with Crippen molar-refractivity contribution in [2.75, 3.05) is 16.6 Å². The lowest BCUT2D eigenvalue weighted by Crippen LogP contribution is -2.17. The lowest BCUT2D eigenvalue weighted by Gasteiger charge is -2.15. The van der Waals surface area contributed by atoms with Crippen LogP contribution < -0.4 is 23.7 Å². The number of hydrogen-bond donors (Lipinski definition) is 2. The normalized spacial score (nSPS) is 11.9. The first-order valence-corrected chi connectivity index (χ1v) is 14.3. The van der Waals surface area contributed by atoms with Crippen LogP contribution >= 0.6 is 0 Å². The summed E-state index contributed by atoms with van der Waals surface area (Å²) in [5.41, 5.74) is -0.220. The second-order valence-electron chi connectivity index (χ2n) is 8.65. The fraction of sp³-hybridized carbons (Fsp3) is 0.280. The predicted octanol–water partition coefficient (Wildman–Crippen LogP) is 5.15. The summed E-state index contributed by atoms with van der Waals surface area (Å²) in [6, 6.07) is 10.2. The van der Waals surface area contributed by atoms with Gasteiger partial charge in [-0.2, -0.15) is 0 Å². The molecule has 0 aliphatic heterocycles. The fourth-order valence-corrected chi connectivity index (χ4v) is 5.68. The Morgan fingerprint density at radius 2 is 1.11 bits per heavy atom. The van der Waals surface area contributed by atoms with Gasteiger partial charge in [0, 0.05) is 12.1 Å². The average molecular weight is 571 g/mol. The van der Waals surface area contributed by atoms with Gasteiger partial charge in [0.05, 0.1) is 35.6 Å². The average Bonchev–Trinajstić information content (AvgIpc) is 2.81. The Balaban J connectivity index is 1.91. The standard InChI is InChI=1S/C25H28F2N2O7S2/c1-15(2)35-22-9-6-17(12-20(22)26)28-37(30,31)19-8-11-24(34-5)25(14-19)38(32,33)29-18-7-10-23(21(27)13-18)36-16(3)4/h6-16,28-29H,1-5H3. The van der Waals surface area contributed by atoms with Crippen molar-refractivity contribution in [1.29, 1.82) is 0 Å². The van der Waals surface area contributed by atoms with Crippen molar-refractivity contribution in [2.24, 2.45) is 0 Å². The van der Waals surface area contributed by atoms with Crippen LogP contribution in [0.25, 0.3) is 0 Å². The van der Waals surface area contributed by atoms with Crippen molar-refractivity contribution in [2.45, 2.75) is 49.7 Å². The monoisotopic (exact) mass is 570 g/mol. The number of halogens is 2. The molecule has 0 radical (unpaired) electrons. The highest BCUT2D eigenvalue weighted by molar-refractivity contribution is 7.93. The van der Waals surface area contributed by atoms with E-state index in [1.165, 1.54) is 31.4 Å². The van der Waals surface area contributed by atoms with Gasteiger partial charge in [-0.05, 0) is 70.2 Å². The minimum atomic E-state index is -4.44. The van der Waals surface area contributed by atoms with E-state index in [0.717, 1.165) is 30.3 Å². The number of rotatable bonds is 11. The van der Waals surface area contributed by atoms with Crippen LogP contribution in [0, 0.1) is 11.6 Å². The molecule has 9 nitrogen and oxygen atoms in total. The van der Waals surface area contributed by atoms with Crippen LogP contribution in [0.15, 0.2) is 64.4 Å². The fourth-order valence-electron chi connectivity index (χ4n) is 3.29. The maximum Gasteiger partial charge on any atom is 0.265 e. The Kier molecular flexibility index (Phi) is 8.72. The summed E-state index contributed by atoms with van der Waals surface area (Å²) in [5, 5.41) is 0. The maximum atomic E-state index is 14.4. The third-order valence-electron chi connectivity index (χ3n) is 4.83. The molecule has 0 spiro atoms. The van der Waals surface area contributed by atoms with Crippen LogP contribution in [-0.2, 0) is 20.0 Å². The van der Waals surface area contributed by atoms with Crippen LogP contribution in [0.2, 0.25) is 0 Å². The molecule has 3 rings (SSSR count). The Bertz CT molecular complexity index is 1530. The first-order valence-electron chi connectivity index (χ1n) is 11.4. The van der Waals surface area contributed by atoms with Gasteiger partial charge < -0.3 is 14.2 Å². The summed E-state index contributed by atoms with van der Waals surface area (Å²) in [4.78, 5) is -0.953.